The van der Waals surface area contributed by atoms with Gasteiger partial charge in [0.2, 0.25) is 0 Å². The minimum absolute atomic E-state index is 0. The first kappa shape index (κ1) is 65.3. The van der Waals surface area contributed by atoms with E-state index in [9.17, 15) is 0 Å². The van der Waals surface area contributed by atoms with Crippen molar-refractivity contribution >= 4 is 7.28 Å². The van der Waals surface area contributed by atoms with Gasteiger partial charge in [0, 0.05) is 0 Å². The summed E-state index contributed by atoms with van der Waals surface area (Å²) in [7, 11) is 2.00. The Bertz CT molecular complexity index is 26.4. The first-order valence-electron chi connectivity index (χ1n) is 3.42. The predicted octanol–water partition coefficient (Wildman–Crippen LogP) is 6.66. The molecule has 0 aromatic rings. The molecule has 0 heterocycles. The minimum Gasteiger partial charge on any atom is -0.0922 e. The summed E-state index contributed by atoms with van der Waals surface area (Å²) in [5, 5.41) is 0. The SMILES string of the molecule is C.C.C.C.C.C.CCC(C)C.C[B]C. The Kier molecular flexibility index (Phi) is 346. The molecule has 0 atom stereocenters. The lowest BCUT2D eigenvalue weighted by molar-refractivity contribution is 0.626. The smallest absolute Gasteiger partial charge is 0.0922 e. The van der Waals surface area contributed by atoms with Crippen molar-refractivity contribution in [2.45, 2.75) is 85.4 Å². The molecule has 97 valence electrons. The fourth-order valence-electron chi connectivity index (χ4n) is 0. The van der Waals surface area contributed by atoms with Gasteiger partial charge in [-0.2, -0.15) is 0 Å². The molecule has 0 spiro atoms. The molecule has 0 aromatic heterocycles. The Morgan fingerprint density at radius 2 is 0.857 bits per heavy atom. The zero-order valence-electron chi connectivity index (χ0n) is 6.86. The Morgan fingerprint density at radius 1 is 0.786 bits per heavy atom. The maximum absolute atomic E-state index is 2.22. The minimum atomic E-state index is 0. The molecule has 1 radical (unpaired) electrons. The van der Waals surface area contributed by atoms with Crippen molar-refractivity contribution in [3.05, 3.63) is 0 Å². The van der Waals surface area contributed by atoms with E-state index < -0.39 is 0 Å². The normalized spacial score (nSPS) is 4.43. The number of hydrogen-bond donors (Lipinski definition) is 0. The Morgan fingerprint density at radius 3 is 0.857 bits per heavy atom. The van der Waals surface area contributed by atoms with Crippen LogP contribution in [0.4, 0.5) is 0 Å². The van der Waals surface area contributed by atoms with Crippen LogP contribution in [0.2, 0.25) is 13.6 Å². The van der Waals surface area contributed by atoms with Gasteiger partial charge in [-0.05, 0) is 5.92 Å². The third kappa shape index (κ3) is 346. The third-order valence-electron chi connectivity index (χ3n) is 0.816. The largest absolute Gasteiger partial charge is 0.102 e. The molecule has 0 fully saturated rings. The average molecular weight is 209 g/mol. The lowest BCUT2D eigenvalue weighted by Crippen LogP contribution is -1.77. The van der Waals surface area contributed by atoms with Gasteiger partial charge in [0.15, 0.2) is 0 Å². The summed E-state index contributed by atoms with van der Waals surface area (Å²) in [6.07, 6.45) is 1.31. The highest BCUT2D eigenvalue weighted by atomic mass is 13.9. The quantitative estimate of drug-likeness (QED) is 0.424. The molecule has 0 aliphatic rings. The highest BCUT2D eigenvalue weighted by molar-refractivity contribution is 6.31. The molecule has 0 aliphatic heterocycles. The standard InChI is InChI=1S/C5H12.C2H6B.6CH4/c1-4-5(2)3;1-3-2;;;;;;/h5H,4H2,1-3H3;1-2H3;6*1H4. The number of rotatable bonds is 1. The zero-order chi connectivity index (χ0) is 6.99. The maximum Gasteiger partial charge on any atom is 0.102 e. The van der Waals surface area contributed by atoms with Crippen LogP contribution in [0.3, 0.4) is 0 Å². The Labute approximate surface area is 99.1 Å². The van der Waals surface area contributed by atoms with Gasteiger partial charge < -0.3 is 0 Å². The van der Waals surface area contributed by atoms with Gasteiger partial charge in [-0.3, -0.25) is 0 Å². The van der Waals surface area contributed by atoms with Crippen molar-refractivity contribution in [2.24, 2.45) is 5.92 Å². The van der Waals surface area contributed by atoms with Gasteiger partial charge in [-0.1, -0.05) is 85.4 Å². The molecule has 0 saturated carbocycles. The van der Waals surface area contributed by atoms with Crippen molar-refractivity contribution in [1.29, 1.82) is 0 Å². The van der Waals surface area contributed by atoms with E-state index in [2.05, 4.69) is 20.8 Å². The molecule has 0 bridgehead atoms. The van der Waals surface area contributed by atoms with Crippen molar-refractivity contribution in [1.82, 2.24) is 0 Å². The second-order valence-electron chi connectivity index (χ2n) is 2.38. The van der Waals surface area contributed by atoms with Crippen LogP contribution >= 0.6 is 0 Å². The van der Waals surface area contributed by atoms with Crippen LogP contribution in [0.1, 0.15) is 71.8 Å². The average Bonchev–Trinajstić information content (AvgIpc) is 1.69. The van der Waals surface area contributed by atoms with E-state index in [1.54, 1.807) is 0 Å². The monoisotopic (exact) mass is 209 g/mol. The summed E-state index contributed by atoms with van der Waals surface area (Å²) in [4.78, 5) is 0. The lowest BCUT2D eigenvalue weighted by atomic mass is 9.88. The van der Waals surface area contributed by atoms with Crippen LogP contribution in [-0.4, -0.2) is 7.28 Å². The van der Waals surface area contributed by atoms with E-state index in [1.165, 1.54) is 6.42 Å². The summed E-state index contributed by atoms with van der Waals surface area (Å²) >= 11 is 0. The van der Waals surface area contributed by atoms with Crippen molar-refractivity contribution in [3.8, 4) is 0 Å². The summed E-state index contributed by atoms with van der Waals surface area (Å²) in [6.45, 7) is 10.6. The molecule has 0 saturated heterocycles. The van der Waals surface area contributed by atoms with Crippen molar-refractivity contribution in [3.63, 3.8) is 0 Å². The molecule has 1 heteroatoms. The van der Waals surface area contributed by atoms with Gasteiger partial charge in [0.05, 0.1) is 0 Å². The first-order chi connectivity index (χ1) is 3.68. The second-order valence-corrected chi connectivity index (χ2v) is 2.38. The van der Waals surface area contributed by atoms with E-state index in [4.69, 9.17) is 0 Å². The Balaban J connectivity index is -0.00000000626. The van der Waals surface area contributed by atoms with Crippen LogP contribution in [0.25, 0.3) is 0 Å². The Hall–Kier alpha value is 0.0649. The van der Waals surface area contributed by atoms with E-state index >= 15 is 0 Å². The molecule has 0 rings (SSSR count). The van der Waals surface area contributed by atoms with Crippen LogP contribution < -0.4 is 0 Å². The molecule has 0 aliphatic carbocycles. The van der Waals surface area contributed by atoms with Crippen LogP contribution in [0.5, 0.6) is 0 Å². The molecule has 14 heavy (non-hydrogen) atoms. The van der Waals surface area contributed by atoms with Crippen molar-refractivity contribution in [2.75, 3.05) is 0 Å². The predicted molar refractivity (Wildman–Crippen MR) is 83.0 cm³/mol. The van der Waals surface area contributed by atoms with E-state index in [-0.39, 0.29) is 44.6 Å². The van der Waals surface area contributed by atoms with E-state index in [0.29, 0.717) is 0 Å². The van der Waals surface area contributed by atoms with Gasteiger partial charge in [0.25, 0.3) is 0 Å². The summed E-state index contributed by atoms with van der Waals surface area (Å²) in [6, 6.07) is 0. The molecular formula is C13H42B. The first-order valence-corrected chi connectivity index (χ1v) is 3.42. The van der Waals surface area contributed by atoms with Gasteiger partial charge >= 0.3 is 0 Å². The molecule has 0 unspecified atom stereocenters. The summed E-state index contributed by atoms with van der Waals surface area (Å²) in [5.41, 5.74) is 0. The van der Waals surface area contributed by atoms with E-state index in [0.717, 1.165) is 5.92 Å². The van der Waals surface area contributed by atoms with Gasteiger partial charge in [0.1, 0.15) is 7.28 Å². The zero-order valence-corrected chi connectivity index (χ0v) is 6.86. The molecule has 0 N–H and O–H groups in total. The van der Waals surface area contributed by atoms with Gasteiger partial charge in [-0.25, -0.2) is 0 Å². The summed E-state index contributed by atoms with van der Waals surface area (Å²) < 4.78 is 0. The highest BCUT2D eigenvalue weighted by Gasteiger charge is 1.80. The van der Waals surface area contributed by atoms with Crippen molar-refractivity contribution < 1.29 is 0 Å². The molecular weight excluding hydrogens is 167 g/mol. The highest BCUT2D eigenvalue weighted by Crippen LogP contribution is 1.93. The fraction of sp³-hybridized carbons (Fsp3) is 1.00. The fourth-order valence-corrected chi connectivity index (χ4v) is 0. The topological polar surface area (TPSA) is 0 Å². The molecule has 0 amide bonds. The van der Waals surface area contributed by atoms with Crippen LogP contribution in [-0.2, 0) is 0 Å². The van der Waals surface area contributed by atoms with E-state index in [1.807, 2.05) is 20.9 Å². The van der Waals surface area contributed by atoms with Gasteiger partial charge in [-0.15, -0.1) is 0 Å². The third-order valence-corrected chi connectivity index (χ3v) is 0.816. The van der Waals surface area contributed by atoms with Crippen LogP contribution in [0, 0.1) is 5.92 Å². The maximum atomic E-state index is 2.22. The van der Waals surface area contributed by atoms with Crippen LogP contribution in [0.15, 0.2) is 0 Å². The lowest BCUT2D eigenvalue weighted by Gasteiger charge is -1.90. The second kappa shape index (κ2) is 74.1. The number of hydrogen-bond acceptors (Lipinski definition) is 0. The molecule has 0 nitrogen and oxygen atoms in total. The summed E-state index contributed by atoms with van der Waals surface area (Å²) in [5.74, 6) is 0.884. The molecule has 0 aromatic carbocycles.